The van der Waals surface area contributed by atoms with Crippen LogP contribution in [-0.2, 0) is 5.92 Å². The minimum atomic E-state index is -3.05. The highest BCUT2D eigenvalue weighted by Crippen LogP contribution is 2.53. The molecule has 0 atom stereocenters. The van der Waals surface area contributed by atoms with E-state index in [9.17, 15) is 8.78 Å². The second-order valence-corrected chi connectivity index (χ2v) is 6.10. The molecule has 1 aromatic rings. The zero-order valence-electron chi connectivity index (χ0n) is 10.8. The fourth-order valence-electron chi connectivity index (χ4n) is 2.69. The van der Waals surface area contributed by atoms with E-state index in [1.54, 1.807) is 0 Å². The summed E-state index contributed by atoms with van der Waals surface area (Å²) in [5.74, 6) is -2.45. The van der Waals surface area contributed by atoms with Crippen molar-refractivity contribution in [1.29, 1.82) is 0 Å². The standard InChI is InChI=1S/C13H16ClF2N3/c1-12(15,16)10-11(14)18-9(8-17-10)19-6-4-13(2-3-13)5-7-19/h8H,2-7H2,1H3. The number of nitrogens with zero attached hydrogens (tertiary/aromatic N) is 3. The predicted octanol–water partition coefficient (Wildman–Crippen LogP) is 3.62. The molecule has 0 aromatic carbocycles. The van der Waals surface area contributed by atoms with Gasteiger partial charge < -0.3 is 4.90 Å². The maximum absolute atomic E-state index is 13.2. The zero-order chi connectivity index (χ0) is 13.7. The van der Waals surface area contributed by atoms with Crippen LogP contribution in [0.25, 0.3) is 0 Å². The molecule has 1 saturated heterocycles. The molecule has 104 valence electrons. The average Bonchev–Trinajstić information content (AvgIpc) is 3.08. The minimum Gasteiger partial charge on any atom is -0.355 e. The fraction of sp³-hybridized carbons (Fsp3) is 0.692. The molecule has 3 rings (SSSR count). The third-order valence-corrected chi connectivity index (χ3v) is 4.50. The smallest absolute Gasteiger partial charge is 0.290 e. The summed E-state index contributed by atoms with van der Waals surface area (Å²) in [5.41, 5.74) is 0.123. The molecule has 0 radical (unpaired) electrons. The van der Waals surface area contributed by atoms with E-state index in [-0.39, 0.29) is 5.15 Å². The Balaban J connectivity index is 1.77. The Morgan fingerprint density at radius 3 is 2.37 bits per heavy atom. The molecule has 3 nitrogen and oxygen atoms in total. The van der Waals surface area contributed by atoms with Crippen molar-refractivity contribution in [3.8, 4) is 0 Å². The van der Waals surface area contributed by atoms with Crippen LogP contribution in [0.4, 0.5) is 14.6 Å². The molecule has 0 unspecified atom stereocenters. The summed E-state index contributed by atoms with van der Waals surface area (Å²) in [6, 6.07) is 0. The summed E-state index contributed by atoms with van der Waals surface area (Å²) in [4.78, 5) is 9.95. The Morgan fingerprint density at radius 1 is 1.26 bits per heavy atom. The molecule has 2 heterocycles. The van der Waals surface area contributed by atoms with Gasteiger partial charge >= 0.3 is 0 Å². The highest BCUT2D eigenvalue weighted by atomic mass is 35.5. The lowest BCUT2D eigenvalue weighted by Gasteiger charge is -2.32. The van der Waals surface area contributed by atoms with E-state index in [2.05, 4.69) is 14.9 Å². The minimum absolute atomic E-state index is 0.197. The quantitative estimate of drug-likeness (QED) is 0.832. The lowest BCUT2D eigenvalue weighted by atomic mass is 9.94. The normalized spacial score (nSPS) is 21.8. The van der Waals surface area contributed by atoms with Crippen molar-refractivity contribution in [2.45, 2.75) is 38.5 Å². The van der Waals surface area contributed by atoms with Crippen LogP contribution < -0.4 is 4.90 Å². The van der Waals surface area contributed by atoms with Gasteiger partial charge in [0.1, 0.15) is 11.5 Å². The molecule has 1 spiro atoms. The van der Waals surface area contributed by atoms with E-state index >= 15 is 0 Å². The van der Waals surface area contributed by atoms with Crippen LogP contribution in [0.15, 0.2) is 6.20 Å². The number of aromatic nitrogens is 2. The third-order valence-electron chi connectivity index (χ3n) is 4.24. The molecule has 2 aliphatic rings. The van der Waals surface area contributed by atoms with Crippen LogP contribution in [0.5, 0.6) is 0 Å². The average molecular weight is 288 g/mol. The Hall–Kier alpha value is -0.970. The number of alkyl halides is 2. The van der Waals surface area contributed by atoms with Crippen molar-refractivity contribution in [2.75, 3.05) is 18.0 Å². The van der Waals surface area contributed by atoms with Gasteiger partial charge in [-0.2, -0.15) is 8.78 Å². The van der Waals surface area contributed by atoms with E-state index in [0.717, 1.165) is 32.9 Å². The van der Waals surface area contributed by atoms with Crippen molar-refractivity contribution >= 4 is 17.4 Å². The predicted molar refractivity (Wildman–Crippen MR) is 69.7 cm³/mol. The first-order valence-electron chi connectivity index (χ1n) is 6.55. The van der Waals surface area contributed by atoms with Crippen molar-refractivity contribution in [1.82, 2.24) is 9.97 Å². The van der Waals surface area contributed by atoms with E-state index in [0.29, 0.717) is 11.2 Å². The van der Waals surface area contributed by atoms with E-state index in [1.165, 1.54) is 19.0 Å². The van der Waals surface area contributed by atoms with Crippen molar-refractivity contribution in [3.63, 3.8) is 0 Å². The highest BCUT2D eigenvalue weighted by molar-refractivity contribution is 6.30. The number of hydrogen-bond acceptors (Lipinski definition) is 3. The summed E-state index contributed by atoms with van der Waals surface area (Å²) in [7, 11) is 0. The van der Waals surface area contributed by atoms with Gasteiger partial charge in [0.05, 0.1) is 6.20 Å². The molecule has 1 aromatic heterocycles. The molecule has 0 amide bonds. The van der Waals surface area contributed by atoms with Gasteiger partial charge in [-0.05, 0) is 31.1 Å². The van der Waals surface area contributed by atoms with Crippen molar-refractivity contribution in [2.24, 2.45) is 5.41 Å². The second kappa shape index (κ2) is 4.27. The van der Waals surface area contributed by atoms with Crippen LogP contribution in [0.2, 0.25) is 5.15 Å². The van der Waals surface area contributed by atoms with E-state index < -0.39 is 11.6 Å². The van der Waals surface area contributed by atoms with Crippen molar-refractivity contribution in [3.05, 3.63) is 17.0 Å². The molecule has 1 saturated carbocycles. The molecule has 0 N–H and O–H groups in total. The Labute approximate surface area is 116 Å². The number of halogens is 3. The van der Waals surface area contributed by atoms with Gasteiger partial charge in [0.15, 0.2) is 5.15 Å². The van der Waals surface area contributed by atoms with Gasteiger partial charge in [-0.15, -0.1) is 0 Å². The fourth-order valence-corrected chi connectivity index (χ4v) is 2.99. The van der Waals surface area contributed by atoms with Crippen LogP contribution in [0.1, 0.15) is 38.3 Å². The largest absolute Gasteiger partial charge is 0.355 e. The number of rotatable bonds is 2. The van der Waals surface area contributed by atoms with Crippen LogP contribution in [0, 0.1) is 5.41 Å². The number of piperidine rings is 1. The van der Waals surface area contributed by atoms with Crippen LogP contribution >= 0.6 is 11.6 Å². The summed E-state index contributed by atoms with van der Waals surface area (Å²) in [6.07, 6.45) is 6.36. The maximum Gasteiger partial charge on any atom is 0.290 e. The topological polar surface area (TPSA) is 29.0 Å². The third kappa shape index (κ3) is 2.53. The molecule has 2 fully saturated rings. The van der Waals surface area contributed by atoms with Crippen LogP contribution in [-0.4, -0.2) is 23.1 Å². The van der Waals surface area contributed by atoms with Crippen LogP contribution in [0.3, 0.4) is 0 Å². The number of hydrogen-bond donors (Lipinski definition) is 0. The van der Waals surface area contributed by atoms with Gasteiger partial charge in [-0.25, -0.2) is 9.97 Å². The first-order chi connectivity index (χ1) is 8.90. The molecular formula is C13H16ClF2N3. The van der Waals surface area contributed by atoms with Gasteiger partial charge in [0.25, 0.3) is 5.92 Å². The van der Waals surface area contributed by atoms with Gasteiger partial charge in [-0.3, -0.25) is 0 Å². The van der Waals surface area contributed by atoms with Gasteiger partial charge in [0.2, 0.25) is 0 Å². The summed E-state index contributed by atoms with van der Waals surface area (Å²) >= 11 is 5.82. The first kappa shape index (κ1) is 13.0. The van der Waals surface area contributed by atoms with E-state index in [4.69, 9.17) is 11.6 Å². The highest BCUT2D eigenvalue weighted by Gasteiger charge is 2.44. The lowest BCUT2D eigenvalue weighted by Crippen LogP contribution is -2.35. The van der Waals surface area contributed by atoms with Crippen molar-refractivity contribution < 1.29 is 8.78 Å². The Kier molecular flexibility index (Phi) is 2.93. The zero-order valence-corrected chi connectivity index (χ0v) is 11.6. The monoisotopic (exact) mass is 287 g/mol. The van der Waals surface area contributed by atoms with E-state index in [1.807, 2.05) is 0 Å². The van der Waals surface area contributed by atoms with Gasteiger partial charge in [-0.1, -0.05) is 11.6 Å². The SMILES string of the molecule is CC(F)(F)c1ncc(N2CCC3(CC2)CC3)nc1Cl. The number of anilines is 1. The summed E-state index contributed by atoms with van der Waals surface area (Å²) in [6.45, 7) is 2.60. The summed E-state index contributed by atoms with van der Waals surface area (Å²) in [5, 5.41) is -0.197. The first-order valence-corrected chi connectivity index (χ1v) is 6.93. The summed E-state index contributed by atoms with van der Waals surface area (Å²) < 4.78 is 26.4. The molecular weight excluding hydrogens is 272 g/mol. The van der Waals surface area contributed by atoms with Gasteiger partial charge in [0, 0.05) is 20.0 Å². The molecule has 6 heteroatoms. The maximum atomic E-state index is 13.2. The second-order valence-electron chi connectivity index (χ2n) is 5.74. The Bertz CT molecular complexity index is 487. The lowest BCUT2D eigenvalue weighted by molar-refractivity contribution is 0.0125. The molecule has 19 heavy (non-hydrogen) atoms. The molecule has 1 aliphatic heterocycles. The molecule has 1 aliphatic carbocycles. The molecule has 0 bridgehead atoms. The Morgan fingerprint density at radius 2 is 1.89 bits per heavy atom.